The van der Waals surface area contributed by atoms with Gasteiger partial charge in [-0.3, -0.25) is 0 Å². The van der Waals surface area contributed by atoms with Crippen LogP contribution in [0.3, 0.4) is 0 Å². The Bertz CT molecular complexity index is 283. The highest BCUT2D eigenvalue weighted by Gasteiger charge is 2.82. The van der Waals surface area contributed by atoms with Crippen LogP contribution in [0.4, 0.5) is 0 Å². The van der Waals surface area contributed by atoms with Crippen LogP contribution in [-0.4, -0.2) is 17.3 Å². The molecular weight excluding hydrogens is 162 g/mol. The molecule has 70 valence electrons. The van der Waals surface area contributed by atoms with Gasteiger partial charge in [0.2, 0.25) is 0 Å². The van der Waals surface area contributed by atoms with E-state index in [2.05, 4.69) is 0 Å². The van der Waals surface area contributed by atoms with E-state index in [0.29, 0.717) is 17.9 Å². The highest BCUT2D eigenvalue weighted by Crippen LogP contribution is 2.82. The molecule has 0 radical (unpaired) electrons. The number of aliphatic hydroxyl groups is 1. The zero-order valence-electron chi connectivity index (χ0n) is 7.51. The summed E-state index contributed by atoms with van der Waals surface area (Å²) in [6.07, 6.45) is 1.47. The summed E-state index contributed by atoms with van der Waals surface area (Å²) >= 11 is 0. The maximum Gasteiger partial charge on any atom is 0.0608 e. The van der Waals surface area contributed by atoms with Gasteiger partial charge >= 0.3 is 0 Å². The Morgan fingerprint density at radius 1 is 0.846 bits per heavy atom. The van der Waals surface area contributed by atoms with Gasteiger partial charge in [-0.15, -0.1) is 0 Å². The fraction of sp³-hybridized carbons (Fsp3) is 1.00. The molecule has 0 heterocycles. The molecule has 2 nitrogen and oxygen atoms in total. The van der Waals surface area contributed by atoms with Crippen LogP contribution in [0, 0.1) is 47.3 Å². The van der Waals surface area contributed by atoms with Crippen molar-refractivity contribution in [2.75, 3.05) is 0 Å². The minimum Gasteiger partial charge on any atom is -0.393 e. The summed E-state index contributed by atoms with van der Waals surface area (Å²) < 4.78 is 0. The average Bonchev–Trinajstić information content (AvgIpc) is 2.52. The van der Waals surface area contributed by atoms with Crippen molar-refractivity contribution < 1.29 is 5.11 Å². The van der Waals surface area contributed by atoms with Crippen LogP contribution in [0.1, 0.15) is 6.42 Å². The molecule has 5 rings (SSSR count). The molecule has 0 saturated heterocycles. The van der Waals surface area contributed by atoms with E-state index in [9.17, 15) is 5.11 Å². The van der Waals surface area contributed by atoms with E-state index in [4.69, 9.17) is 5.73 Å². The number of fused-ring (bicyclic) bond motifs is 2. The van der Waals surface area contributed by atoms with Gasteiger partial charge in [0, 0.05) is 6.04 Å². The summed E-state index contributed by atoms with van der Waals surface area (Å²) in [5, 5.41) is 10.2. The predicted molar refractivity (Wildman–Crippen MR) is 46.5 cm³/mol. The smallest absolute Gasteiger partial charge is 0.0608 e. The summed E-state index contributed by atoms with van der Waals surface area (Å²) in [5.74, 6) is 6.44. The maximum absolute atomic E-state index is 10.2. The van der Waals surface area contributed by atoms with Crippen molar-refractivity contribution in [3.8, 4) is 0 Å². The molecule has 2 heteroatoms. The van der Waals surface area contributed by atoms with Gasteiger partial charge in [-0.2, -0.15) is 0 Å². The first-order chi connectivity index (χ1) is 6.30. The van der Waals surface area contributed by atoms with Crippen LogP contribution >= 0.6 is 0 Å². The second-order valence-corrected chi connectivity index (χ2v) is 6.10. The maximum atomic E-state index is 10.2. The number of rotatable bonds is 0. The lowest BCUT2D eigenvalue weighted by Gasteiger charge is -2.48. The molecule has 3 N–H and O–H groups in total. The van der Waals surface area contributed by atoms with Crippen molar-refractivity contribution >= 4 is 0 Å². The molecular formula is C11H15NO. The normalized spacial score (nSPS) is 85.4. The molecule has 10 unspecified atom stereocenters. The minimum absolute atomic E-state index is 0.0496. The second kappa shape index (κ2) is 1.49. The van der Waals surface area contributed by atoms with Gasteiger partial charge < -0.3 is 10.8 Å². The van der Waals surface area contributed by atoms with Crippen LogP contribution in [0.5, 0.6) is 0 Å². The lowest BCUT2D eigenvalue weighted by molar-refractivity contribution is -0.0583. The van der Waals surface area contributed by atoms with Gasteiger partial charge in [0.25, 0.3) is 0 Å². The lowest BCUT2D eigenvalue weighted by atomic mass is 9.58. The van der Waals surface area contributed by atoms with Crippen molar-refractivity contribution in [2.24, 2.45) is 53.1 Å². The fourth-order valence-corrected chi connectivity index (χ4v) is 6.55. The van der Waals surface area contributed by atoms with Crippen molar-refractivity contribution in [2.45, 2.75) is 18.6 Å². The van der Waals surface area contributed by atoms with Crippen molar-refractivity contribution in [3.63, 3.8) is 0 Å². The van der Waals surface area contributed by atoms with E-state index in [0.717, 1.165) is 35.5 Å². The Hall–Kier alpha value is -0.0800. The van der Waals surface area contributed by atoms with Gasteiger partial charge in [0.1, 0.15) is 0 Å². The molecule has 5 saturated carbocycles. The Kier molecular flexibility index (Phi) is 0.733. The Morgan fingerprint density at radius 3 is 2.38 bits per heavy atom. The van der Waals surface area contributed by atoms with Gasteiger partial charge in [-0.1, -0.05) is 0 Å². The molecule has 0 aliphatic heterocycles. The number of nitrogens with two attached hydrogens (primary N) is 1. The topological polar surface area (TPSA) is 46.2 Å². The Morgan fingerprint density at radius 2 is 1.54 bits per heavy atom. The lowest BCUT2D eigenvalue weighted by Crippen LogP contribution is -2.54. The molecule has 5 fully saturated rings. The first-order valence-electron chi connectivity index (χ1n) is 5.74. The van der Waals surface area contributed by atoms with Crippen LogP contribution in [0.2, 0.25) is 0 Å². The highest BCUT2D eigenvalue weighted by atomic mass is 16.3. The molecule has 2 bridgehead atoms. The van der Waals surface area contributed by atoms with Gasteiger partial charge in [-0.25, -0.2) is 0 Å². The van der Waals surface area contributed by atoms with Crippen molar-refractivity contribution in [1.82, 2.24) is 0 Å². The summed E-state index contributed by atoms with van der Waals surface area (Å²) in [4.78, 5) is 0. The number of aliphatic hydroxyl groups excluding tert-OH is 1. The third kappa shape index (κ3) is 0.375. The molecule has 5 aliphatic rings. The van der Waals surface area contributed by atoms with E-state index >= 15 is 0 Å². The number of hydrogen-bond acceptors (Lipinski definition) is 2. The van der Waals surface area contributed by atoms with Crippen LogP contribution in [-0.2, 0) is 0 Å². The summed E-state index contributed by atoms with van der Waals surface area (Å²) in [7, 11) is 0. The summed E-state index contributed by atoms with van der Waals surface area (Å²) in [6.45, 7) is 0. The zero-order valence-corrected chi connectivity index (χ0v) is 7.51. The highest BCUT2D eigenvalue weighted by molar-refractivity contribution is 5.31. The average molecular weight is 177 g/mol. The first-order valence-corrected chi connectivity index (χ1v) is 5.74. The van der Waals surface area contributed by atoms with E-state index < -0.39 is 0 Å². The van der Waals surface area contributed by atoms with E-state index in [-0.39, 0.29) is 6.10 Å². The van der Waals surface area contributed by atoms with Crippen LogP contribution in [0.25, 0.3) is 0 Å². The van der Waals surface area contributed by atoms with Gasteiger partial charge in [-0.05, 0) is 53.8 Å². The third-order valence-electron chi connectivity index (χ3n) is 6.42. The molecule has 0 aromatic carbocycles. The standard InChI is InChI=1S/C11H15NO/c12-10-6-2-1-3-5-4(2)8(10)9(5)11(13)7(3)6/h2-11,13H,1,12H2. The summed E-state index contributed by atoms with van der Waals surface area (Å²) in [6, 6.07) is 0.470. The molecule has 0 aromatic heterocycles. The van der Waals surface area contributed by atoms with Gasteiger partial charge in [0.05, 0.1) is 6.10 Å². The van der Waals surface area contributed by atoms with Crippen molar-refractivity contribution in [3.05, 3.63) is 0 Å². The molecule has 13 heavy (non-hydrogen) atoms. The second-order valence-electron chi connectivity index (χ2n) is 6.10. The largest absolute Gasteiger partial charge is 0.393 e. The first kappa shape index (κ1) is 6.41. The fourth-order valence-electron chi connectivity index (χ4n) is 6.55. The predicted octanol–water partition coefficient (Wildman–Crippen LogP) is 0.0623. The molecule has 0 aromatic rings. The third-order valence-corrected chi connectivity index (χ3v) is 6.42. The van der Waals surface area contributed by atoms with Crippen molar-refractivity contribution in [1.29, 1.82) is 0 Å². The minimum atomic E-state index is 0.0496. The number of hydrogen-bond donors (Lipinski definition) is 2. The molecule has 0 amide bonds. The monoisotopic (exact) mass is 177 g/mol. The van der Waals surface area contributed by atoms with Gasteiger partial charge in [0.15, 0.2) is 0 Å². The quantitative estimate of drug-likeness (QED) is 0.549. The molecule has 5 aliphatic carbocycles. The van der Waals surface area contributed by atoms with Crippen LogP contribution < -0.4 is 5.73 Å². The Balaban J connectivity index is 1.83. The SMILES string of the molecule is NC1C2C3CC4C2C(O)C2C1C3C42. The summed E-state index contributed by atoms with van der Waals surface area (Å²) in [5.41, 5.74) is 6.29. The Labute approximate surface area is 77.5 Å². The zero-order chi connectivity index (χ0) is 8.48. The molecule has 0 spiro atoms. The van der Waals surface area contributed by atoms with E-state index in [1.807, 2.05) is 0 Å². The van der Waals surface area contributed by atoms with Crippen LogP contribution in [0.15, 0.2) is 0 Å². The molecule has 10 atom stereocenters. The van der Waals surface area contributed by atoms with E-state index in [1.54, 1.807) is 0 Å². The van der Waals surface area contributed by atoms with E-state index in [1.165, 1.54) is 6.42 Å².